The maximum absolute atomic E-state index is 13.1. The Morgan fingerprint density at radius 2 is 1.86 bits per heavy atom. The van der Waals surface area contributed by atoms with Gasteiger partial charge in [0.25, 0.3) is 5.91 Å². The zero-order valence-corrected chi connectivity index (χ0v) is 18.1. The molecule has 2 amide bonds. The van der Waals surface area contributed by atoms with Gasteiger partial charge in [0, 0.05) is 12.6 Å². The van der Waals surface area contributed by atoms with Crippen molar-refractivity contribution in [3.63, 3.8) is 0 Å². The Bertz CT molecular complexity index is 1040. The van der Waals surface area contributed by atoms with E-state index in [-0.39, 0.29) is 34.0 Å². The van der Waals surface area contributed by atoms with Gasteiger partial charge in [0.05, 0.1) is 27.9 Å². The Labute approximate surface area is 176 Å². The number of amides is 2. The maximum atomic E-state index is 13.1. The summed E-state index contributed by atoms with van der Waals surface area (Å²) in [5, 5.41) is 0.105. The van der Waals surface area contributed by atoms with Crippen molar-refractivity contribution < 1.29 is 18.0 Å². The highest BCUT2D eigenvalue weighted by Crippen LogP contribution is 2.32. The number of anilines is 1. The third-order valence-electron chi connectivity index (χ3n) is 4.86. The van der Waals surface area contributed by atoms with Crippen LogP contribution in [0.25, 0.3) is 0 Å². The number of halogens is 1. The van der Waals surface area contributed by atoms with Crippen molar-refractivity contribution in [3.05, 3.63) is 64.7 Å². The van der Waals surface area contributed by atoms with Gasteiger partial charge in [-0.2, -0.15) is 0 Å². The standard InChI is InChI=1S/C21H23ClN2O4S/c1-14(2)23(12-16-7-5-4-6-8-16)21(26)18-10-9-17(11-19(18)22)24-20(25)15(3)13-29(24,27)28/h4-11,14-15H,12-13H2,1-3H3. The van der Waals surface area contributed by atoms with Crippen LogP contribution in [0.4, 0.5) is 5.69 Å². The summed E-state index contributed by atoms with van der Waals surface area (Å²) in [6, 6.07) is 13.8. The van der Waals surface area contributed by atoms with Crippen molar-refractivity contribution >= 4 is 39.1 Å². The first kappa shape index (κ1) is 21.3. The van der Waals surface area contributed by atoms with Gasteiger partial charge in [0.1, 0.15) is 0 Å². The molecule has 1 heterocycles. The van der Waals surface area contributed by atoms with Crippen LogP contribution in [0.15, 0.2) is 48.5 Å². The second kappa shape index (κ2) is 8.16. The molecule has 1 atom stereocenters. The molecular weight excluding hydrogens is 412 g/mol. The summed E-state index contributed by atoms with van der Waals surface area (Å²) in [7, 11) is -3.73. The predicted octanol–water partition coefficient (Wildman–Crippen LogP) is 3.70. The largest absolute Gasteiger partial charge is 0.332 e. The SMILES string of the molecule is CC1CS(=O)(=O)N(c2ccc(C(=O)N(Cc3ccccc3)C(C)C)c(Cl)c2)C1=O. The van der Waals surface area contributed by atoms with E-state index in [0.29, 0.717) is 6.54 Å². The molecule has 6 nitrogen and oxygen atoms in total. The van der Waals surface area contributed by atoms with Gasteiger partial charge in [0.15, 0.2) is 0 Å². The normalized spacial score (nSPS) is 18.3. The number of benzene rings is 2. The number of nitrogens with zero attached hydrogens (tertiary/aromatic N) is 2. The maximum Gasteiger partial charge on any atom is 0.255 e. The van der Waals surface area contributed by atoms with Crippen LogP contribution in [0.5, 0.6) is 0 Å². The van der Waals surface area contributed by atoms with E-state index in [0.717, 1.165) is 9.87 Å². The minimum absolute atomic E-state index is 0.0696. The second-order valence-corrected chi connectivity index (χ2v) is 9.73. The van der Waals surface area contributed by atoms with Crippen molar-refractivity contribution in [1.82, 2.24) is 4.90 Å². The topological polar surface area (TPSA) is 74.8 Å². The molecule has 8 heteroatoms. The molecule has 0 N–H and O–H groups in total. The van der Waals surface area contributed by atoms with Crippen molar-refractivity contribution in [2.45, 2.75) is 33.4 Å². The van der Waals surface area contributed by atoms with E-state index in [4.69, 9.17) is 11.6 Å². The van der Waals surface area contributed by atoms with Crippen LogP contribution >= 0.6 is 11.6 Å². The Balaban J connectivity index is 1.91. The molecule has 3 rings (SSSR count). The van der Waals surface area contributed by atoms with Gasteiger partial charge in [-0.15, -0.1) is 0 Å². The number of rotatable bonds is 5. The number of carbonyl (C=O) groups excluding carboxylic acids is 2. The summed E-state index contributed by atoms with van der Waals surface area (Å²) in [5.41, 5.74) is 1.40. The van der Waals surface area contributed by atoms with E-state index in [1.807, 2.05) is 44.2 Å². The molecule has 0 radical (unpaired) electrons. The van der Waals surface area contributed by atoms with Gasteiger partial charge < -0.3 is 4.90 Å². The van der Waals surface area contributed by atoms with Crippen molar-refractivity contribution in [1.29, 1.82) is 0 Å². The second-order valence-electron chi connectivity index (χ2n) is 7.46. The lowest BCUT2D eigenvalue weighted by Crippen LogP contribution is -2.36. The van der Waals surface area contributed by atoms with Crippen LogP contribution in [0.2, 0.25) is 5.02 Å². The van der Waals surface area contributed by atoms with Crippen LogP contribution < -0.4 is 4.31 Å². The fraction of sp³-hybridized carbons (Fsp3) is 0.333. The van der Waals surface area contributed by atoms with E-state index in [9.17, 15) is 18.0 Å². The molecule has 0 aliphatic carbocycles. The molecule has 0 bridgehead atoms. The summed E-state index contributed by atoms with van der Waals surface area (Å²) < 4.78 is 25.4. The molecule has 154 valence electrons. The lowest BCUT2D eigenvalue weighted by Gasteiger charge is -2.27. The molecule has 1 fully saturated rings. The third-order valence-corrected chi connectivity index (χ3v) is 7.04. The monoisotopic (exact) mass is 434 g/mol. The van der Waals surface area contributed by atoms with Crippen LogP contribution in [0.1, 0.15) is 36.7 Å². The van der Waals surface area contributed by atoms with Crippen molar-refractivity contribution in [3.8, 4) is 0 Å². The molecule has 1 saturated heterocycles. The Morgan fingerprint density at radius 3 is 2.38 bits per heavy atom. The average molecular weight is 435 g/mol. The molecule has 1 aliphatic heterocycles. The van der Waals surface area contributed by atoms with E-state index >= 15 is 0 Å². The molecular formula is C21H23ClN2O4S. The molecule has 29 heavy (non-hydrogen) atoms. The highest BCUT2D eigenvalue weighted by molar-refractivity contribution is 7.94. The summed E-state index contributed by atoms with van der Waals surface area (Å²) in [4.78, 5) is 27.1. The van der Waals surface area contributed by atoms with Crippen molar-refractivity contribution in [2.24, 2.45) is 5.92 Å². The van der Waals surface area contributed by atoms with Gasteiger partial charge in [-0.3, -0.25) is 9.59 Å². The van der Waals surface area contributed by atoms with E-state index in [1.54, 1.807) is 11.8 Å². The van der Waals surface area contributed by atoms with Crippen molar-refractivity contribution in [2.75, 3.05) is 10.1 Å². The molecule has 1 aliphatic rings. The van der Waals surface area contributed by atoms with Gasteiger partial charge in [-0.05, 0) is 37.6 Å². The van der Waals surface area contributed by atoms with E-state index in [1.165, 1.54) is 18.2 Å². The highest BCUT2D eigenvalue weighted by Gasteiger charge is 2.42. The van der Waals surface area contributed by atoms with Gasteiger partial charge in [-0.25, -0.2) is 12.7 Å². The molecule has 1 unspecified atom stereocenters. The first-order valence-corrected chi connectivity index (χ1v) is 11.3. The van der Waals surface area contributed by atoms with Crippen LogP contribution in [0, 0.1) is 5.92 Å². The first-order valence-electron chi connectivity index (χ1n) is 9.33. The summed E-state index contributed by atoms with van der Waals surface area (Å²) in [6.45, 7) is 5.83. The summed E-state index contributed by atoms with van der Waals surface area (Å²) in [5.74, 6) is -1.60. The zero-order valence-electron chi connectivity index (χ0n) is 16.5. The first-order chi connectivity index (χ1) is 13.6. The van der Waals surface area contributed by atoms with Crippen LogP contribution in [-0.2, 0) is 21.4 Å². The molecule has 0 spiro atoms. The molecule has 0 saturated carbocycles. The number of hydrogen-bond donors (Lipinski definition) is 0. The number of sulfonamides is 1. The van der Waals surface area contributed by atoms with Gasteiger partial charge in [-0.1, -0.05) is 48.9 Å². The highest BCUT2D eigenvalue weighted by atomic mass is 35.5. The Morgan fingerprint density at radius 1 is 1.21 bits per heavy atom. The average Bonchev–Trinajstić information content (AvgIpc) is 2.86. The lowest BCUT2D eigenvalue weighted by molar-refractivity contribution is -0.119. The molecule has 0 aromatic heterocycles. The fourth-order valence-corrected chi connectivity index (χ4v) is 5.38. The minimum atomic E-state index is -3.73. The summed E-state index contributed by atoms with van der Waals surface area (Å²) >= 11 is 6.35. The quantitative estimate of drug-likeness (QED) is 0.719. The number of hydrogen-bond acceptors (Lipinski definition) is 4. The van der Waals surface area contributed by atoms with Gasteiger partial charge >= 0.3 is 0 Å². The predicted molar refractivity (Wildman–Crippen MR) is 113 cm³/mol. The lowest BCUT2D eigenvalue weighted by atomic mass is 10.1. The Kier molecular flexibility index (Phi) is 6.00. The minimum Gasteiger partial charge on any atom is -0.332 e. The fourth-order valence-electron chi connectivity index (χ4n) is 3.31. The smallest absolute Gasteiger partial charge is 0.255 e. The Hall–Kier alpha value is -2.38. The van der Waals surface area contributed by atoms with Crippen LogP contribution in [0.3, 0.4) is 0 Å². The van der Waals surface area contributed by atoms with E-state index < -0.39 is 21.8 Å². The van der Waals surface area contributed by atoms with E-state index in [2.05, 4.69) is 0 Å². The number of carbonyl (C=O) groups is 2. The zero-order chi connectivity index (χ0) is 21.3. The third kappa shape index (κ3) is 4.31. The van der Waals surface area contributed by atoms with Gasteiger partial charge in [0.2, 0.25) is 15.9 Å². The van der Waals surface area contributed by atoms with Crippen LogP contribution in [-0.4, -0.2) is 36.9 Å². The molecule has 2 aromatic carbocycles. The summed E-state index contributed by atoms with van der Waals surface area (Å²) in [6.07, 6.45) is 0. The molecule has 2 aromatic rings.